The van der Waals surface area contributed by atoms with Crippen LogP contribution in [0.4, 0.5) is 0 Å². The molecule has 1 heterocycles. The lowest BCUT2D eigenvalue weighted by molar-refractivity contribution is 0.464. The fourth-order valence-electron chi connectivity index (χ4n) is 2.88. The van der Waals surface area contributed by atoms with Crippen LogP contribution in [0.1, 0.15) is 0 Å². The van der Waals surface area contributed by atoms with E-state index in [1.165, 1.54) is 12.3 Å². The van der Waals surface area contributed by atoms with E-state index in [9.17, 15) is 13.5 Å². The van der Waals surface area contributed by atoms with Crippen molar-refractivity contribution in [3.05, 3.63) is 72.9 Å². The molecule has 4 nitrogen and oxygen atoms in total. The first-order chi connectivity index (χ1) is 11.6. The van der Waals surface area contributed by atoms with Crippen LogP contribution in [0.5, 0.6) is 5.75 Å². The third kappa shape index (κ3) is 2.13. The maximum atomic E-state index is 13.1. The zero-order valence-corrected chi connectivity index (χ0v) is 13.4. The van der Waals surface area contributed by atoms with Gasteiger partial charge in [0.1, 0.15) is 10.4 Å². The Morgan fingerprint density at radius 1 is 0.750 bits per heavy atom. The van der Waals surface area contributed by atoms with Gasteiger partial charge >= 0.3 is 0 Å². The third-order valence-electron chi connectivity index (χ3n) is 4.04. The summed E-state index contributed by atoms with van der Waals surface area (Å²) in [6.07, 6.45) is 1.52. The predicted octanol–water partition coefficient (Wildman–Crippen LogP) is 3.93. The summed E-state index contributed by atoms with van der Waals surface area (Å²) in [6, 6.07) is 19.0. The van der Waals surface area contributed by atoms with Crippen molar-refractivity contribution in [3.8, 4) is 5.75 Å². The number of aromatic hydroxyl groups is 1. The Hall–Kier alpha value is -2.92. The molecular weight excluding hydrogens is 322 g/mol. The van der Waals surface area contributed by atoms with E-state index in [4.69, 9.17) is 0 Å². The molecular formula is C19H13NO3S. The van der Waals surface area contributed by atoms with Gasteiger partial charge in [0.2, 0.25) is 9.84 Å². The highest BCUT2D eigenvalue weighted by atomic mass is 32.2. The molecule has 0 saturated carbocycles. The van der Waals surface area contributed by atoms with Gasteiger partial charge in [-0.15, -0.1) is 0 Å². The van der Waals surface area contributed by atoms with Crippen molar-refractivity contribution in [2.75, 3.05) is 0 Å². The van der Waals surface area contributed by atoms with Crippen LogP contribution in [0.25, 0.3) is 21.7 Å². The molecule has 0 bridgehead atoms. The number of pyridine rings is 1. The average molecular weight is 335 g/mol. The Balaban J connectivity index is 2.03. The first kappa shape index (κ1) is 14.7. The van der Waals surface area contributed by atoms with Gasteiger partial charge in [-0.25, -0.2) is 8.42 Å². The number of benzene rings is 3. The van der Waals surface area contributed by atoms with Gasteiger partial charge in [-0.1, -0.05) is 48.5 Å². The second kappa shape index (κ2) is 5.32. The highest BCUT2D eigenvalue weighted by Crippen LogP contribution is 2.36. The first-order valence-corrected chi connectivity index (χ1v) is 8.87. The van der Waals surface area contributed by atoms with Gasteiger partial charge < -0.3 is 5.11 Å². The molecule has 0 spiro atoms. The summed E-state index contributed by atoms with van der Waals surface area (Å²) in [5, 5.41) is 12.6. The predicted molar refractivity (Wildman–Crippen MR) is 92.8 cm³/mol. The number of aromatic nitrogens is 1. The van der Waals surface area contributed by atoms with Crippen LogP contribution in [-0.4, -0.2) is 18.5 Å². The van der Waals surface area contributed by atoms with Gasteiger partial charge in [0.05, 0.1) is 4.90 Å². The number of nitrogens with zero attached hydrogens (tertiary/aromatic N) is 1. The van der Waals surface area contributed by atoms with Crippen LogP contribution in [-0.2, 0) is 9.84 Å². The van der Waals surface area contributed by atoms with E-state index in [0.717, 1.165) is 5.39 Å². The molecule has 0 unspecified atom stereocenters. The van der Waals surface area contributed by atoms with Crippen molar-refractivity contribution in [2.24, 2.45) is 0 Å². The average Bonchev–Trinajstić information content (AvgIpc) is 2.61. The van der Waals surface area contributed by atoms with Crippen LogP contribution in [0.2, 0.25) is 0 Å². The summed E-state index contributed by atoms with van der Waals surface area (Å²) in [4.78, 5) is 4.13. The topological polar surface area (TPSA) is 67.3 Å². The SMILES string of the molecule is O=S(=O)(c1ccc2cccnc2c1O)c1cccc2ccccc12. The van der Waals surface area contributed by atoms with E-state index < -0.39 is 9.84 Å². The summed E-state index contributed by atoms with van der Waals surface area (Å²) < 4.78 is 26.2. The van der Waals surface area contributed by atoms with Crippen molar-refractivity contribution >= 4 is 31.5 Å². The molecule has 1 aromatic heterocycles. The second-order valence-corrected chi connectivity index (χ2v) is 7.35. The fraction of sp³-hybridized carbons (Fsp3) is 0. The van der Waals surface area contributed by atoms with E-state index in [1.54, 1.807) is 42.5 Å². The number of sulfone groups is 1. The molecule has 5 heteroatoms. The minimum Gasteiger partial charge on any atom is -0.504 e. The largest absolute Gasteiger partial charge is 0.504 e. The van der Waals surface area contributed by atoms with Gasteiger partial charge in [0.25, 0.3) is 0 Å². The normalized spacial score (nSPS) is 11.8. The van der Waals surface area contributed by atoms with Crippen LogP contribution in [0.3, 0.4) is 0 Å². The van der Waals surface area contributed by atoms with E-state index in [2.05, 4.69) is 4.98 Å². The molecule has 118 valence electrons. The molecule has 0 amide bonds. The van der Waals surface area contributed by atoms with Crippen LogP contribution >= 0.6 is 0 Å². The molecule has 4 aromatic rings. The van der Waals surface area contributed by atoms with Gasteiger partial charge in [0, 0.05) is 17.0 Å². The smallest absolute Gasteiger partial charge is 0.210 e. The van der Waals surface area contributed by atoms with Crippen molar-refractivity contribution in [3.63, 3.8) is 0 Å². The maximum Gasteiger partial charge on any atom is 0.210 e. The summed E-state index contributed by atoms with van der Waals surface area (Å²) >= 11 is 0. The standard InChI is InChI=1S/C19H13NO3S/c21-19-17(11-10-14-7-4-12-20-18(14)19)24(22,23)16-9-3-6-13-5-1-2-8-15(13)16/h1-12,21H. The monoisotopic (exact) mass is 335 g/mol. The molecule has 0 saturated heterocycles. The molecule has 3 aromatic carbocycles. The number of hydrogen-bond acceptors (Lipinski definition) is 4. The van der Waals surface area contributed by atoms with E-state index in [0.29, 0.717) is 10.8 Å². The number of phenolic OH excluding ortho intramolecular Hbond substituents is 1. The van der Waals surface area contributed by atoms with Gasteiger partial charge in [-0.05, 0) is 23.6 Å². The Morgan fingerprint density at radius 2 is 1.50 bits per heavy atom. The Labute approximate surface area is 138 Å². The lowest BCUT2D eigenvalue weighted by Gasteiger charge is -2.11. The van der Waals surface area contributed by atoms with Crippen molar-refractivity contribution in [1.82, 2.24) is 4.98 Å². The number of rotatable bonds is 2. The molecule has 0 aliphatic carbocycles. The Kier molecular flexibility index (Phi) is 3.25. The zero-order valence-electron chi connectivity index (χ0n) is 12.5. The summed E-state index contributed by atoms with van der Waals surface area (Å²) in [6.45, 7) is 0. The zero-order chi connectivity index (χ0) is 16.7. The first-order valence-electron chi connectivity index (χ1n) is 7.38. The minimum absolute atomic E-state index is 0.134. The number of fused-ring (bicyclic) bond motifs is 2. The lowest BCUT2D eigenvalue weighted by atomic mass is 10.1. The minimum atomic E-state index is -3.88. The molecule has 24 heavy (non-hydrogen) atoms. The highest BCUT2D eigenvalue weighted by Gasteiger charge is 2.25. The Bertz CT molecular complexity index is 1180. The van der Waals surface area contributed by atoms with Crippen LogP contribution in [0, 0.1) is 0 Å². The van der Waals surface area contributed by atoms with Gasteiger partial charge in [-0.2, -0.15) is 0 Å². The number of phenols is 1. The molecule has 0 fully saturated rings. The van der Waals surface area contributed by atoms with Crippen LogP contribution < -0.4 is 0 Å². The molecule has 4 rings (SSSR count). The number of hydrogen-bond donors (Lipinski definition) is 1. The summed E-state index contributed by atoms with van der Waals surface area (Å²) in [5.41, 5.74) is 0.277. The fourth-order valence-corrected chi connectivity index (χ4v) is 4.44. The van der Waals surface area contributed by atoms with Crippen molar-refractivity contribution < 1.29 is 13.5 Å². The van der Waals surface area contributed by atoms with Crippen molar-refractivity contribution in [2.45, 2.75) is 9.79 Å². The summed E-state index contributed by atoms with van der Waals surface area (Å²) in [7, 11) is -3.88. The molecule has 0 atom stereocenters. The highest BCUT2D eigenvalue weighted by molar-refractivity contribution is 7.91. The molecule has 0 aliphatic heterocycles. The van der Waals surface area contributed by atoms with Gasteiger partial charge in [0.15, 0.2) is 5.75 Å². The van der Waals surface area contributed by atoms with Crippen LogP contribution in [0.15, 0.2) is 82.7 Å². The van der Waals surface area contributed by atoms with Crippen molar-refractivity contribution in [1.29, 1.82) is 0 Å². The van der Waals surface area contributed by atoms with Gasteiger partial charge in [-0.3, -0.25) is 4.98 Å². The summed E-state index contributed by atoms with van der Waals surface area (Å²) in [5.74, 6) is -0.318. The Morgan fingerprint density at radius 3 is 2.38 bits per heavy atom. The maximum absolute atomic E-state index is 13.1. The second-order valence-electron chi connectivity index (χ2n) is 5.47. The molecule has 1 N–H and O–H groups in total. The lowest BCUT2D eigenvalue weighted by Crippen LogP contribution is -2.03. The van der Waals surface area contributed by atoms with E-state index in [-0.39, 0.29) is 21.1 Å². The molecule has 0 aliphatic rings. The van der Waals surface area contributed by atoms with E-state index >= 15 is 0 Å². The van der Waals surface area contributed by atoms with E-state index in [1.807, 2.05) is 18.2 Å². The quantitative estimate of drug-likeness (QED) is 0.603. The molecule has 0 radical (unpaired) electrons. The third-order valence-corrected chi connectivity index (χ3v) is 5.88.